The molecule has 0 unspecified atom stereocenters. The van der Waals surface area contributed by atoms with Crippen LogP contribution in [0.2, 0.25) is 5.02 Å². The Labute approximate surface area is 86.9 Å². The Morgan fingerprint density at radius 2 is 2.43 bits per heavy atom. The molecule has 0 saturated heterocycles. The molecular weight excluding hydrogens is 204 g/mol. The molecule has 0 amide bonds. The van der Waals surface area contributed by atoms with Gasteiger partial charge in [0.1, 0.15) is 5.82 Å². The van der Waals surface area contributed by atoms with Crippen LogP contribution in [0.5, 0.6) is 0 Å². The average Bonchev–Trinajstić information content (AvgIpc) is 2.12. The van der Waals surface area contributed by atoms with E-state index in [1.165, 1.54) is 0 Å². The zero-order valence-corrected chi connectivity index (χ0v) is 8.51. The Morgan fingerprint density at radius 1 is 1.71 bits per heavy atom. The second-order valence-electron chi connectivity index (χ2n) is 2.86. The third kappa shape index (κ3) is 2.88. The second kappa shape index (κ2) is 4.81. The van der Waals surface area contributed by atoms with Crippen LogP contribution in [0.3, 0.4) is 0 Å². The first kappa shape index (κ1) is 10.8. The van der Waals surface area contributed by atoms with E-state index in [9.17, 15) is 4.79 Å². The molecule has 2 N–H and O–H groups in total. The smallest absolute Gasteiger partial charge is 0.305 e. The van der Waals surface area contributed by atoms with E-state index in [2.05, 4.69) is 10.3 Å². The number of aliphatic carboxylic acids is 1. The summed E-state index contributed by atoms with van der Waals surface area (Å²) in [6, 6.07) is 1.80. The number of pyridine rings is 1. The molecule has 0 atom stereocenters. The summed E-state index contributed by atoms with van der Waals surface area (Å²) in [6.07, 6.45) is 1.68. The number of hydrogen-bond donors (Lipinski definition) is 2. The van der Waals surface area contributed by atoms with E-state index < -0.39 is 5.97 Å². The molecule has 76 valence electrons. The van der Waals surface area contributed by atoms with Crippen LogP contribution in [0.25, 0.3) is 0 Å². The summed E-state index contributed by atoms with van der Waals surface area (Å²) in [5, 5.41) is 11.8. The summed E-state index contributed by atoms with van der Waals surface area (Å²) < 4.78 is 0. The lowest BCUT2D eigenvalue weighted by molar-refractivity contribution is -0.136. The third-order valence-electron chi connectivity index (χ3n) is 1.71. The largest absolute Gasteiger partial charge is 0.481 e. The standard InChI is InChI=1S/C9H11ClN2O2/c1-6-2-4-11-9(8(6)10)12-5-3-7(13)14/h2,4H,3,5H2,1H3,(H,11,12)(H,13,14). The first-order valence-electron chi connectivity index (χ1n) is 4.18. The third-order valence-corrected chi connectivity index (χ3v) is 2.19. The molecule has 5 heteroatoms. The fourth-order valence-corrected chi connectivity index (χ4v) is 1.13. The molecule has 0 saturated carbocycles. The van der Waals surface area contributed by atoms with Gasteiger partial charge in [-0.1, -0.05) is 11.6 Å². The summed E-state index contributed by atoms with van der Waals surface area (Å²) in [5.74, 6) is -0.311. The number of aromatic nitrogens is 1. The van der Waals surface area contributed by atoms with E-state index in [1.54, 1.807) is 12.3 Å². The number of rotatable bonds is 4. The van der Waals surface area contributed by atoms with Crippen molar-refractivity contribution in [3.05, 3.63) is 22.8 Å². The number of hydrogen-bond acceptors (Lipinski definition) is 3. The van der Waals surface area contributed by atoms with Crippen LogP contribution in [-0.2, 0) is 4.79 Å². The molecule has 1 heterocycles. The van der Waals surface area contributed by atoms with Crippen LogP contribution in [0.4, 0.5) is 5.82 Å². The number of carbonyl (C=O) groups is 1. The predicted molar refractivity (Wildman–Crippen MR) is 54.7 cm³/mol. The number of nitrogens with one attached hydrogen (secondary N) is 1. The van der Waals surface area contributed by atoms with Crippen LogP contribution in [0, 0.1) is 6.92 Å². The minimum absolute atomic E-state index is 0.0476. The Balaban J connectivity index is 2.59. The molecule has 4 nitrogen and oxygen atoms in total. The Kier molecular flexibility index (Phi) is 3.71. The van der Waals surface area contributed by atoms with Crippen LogP contribution in [-0.4, -0.2) is 22.6 Å². The van der Waals surface area contributed by atoms with Crippen molar-refractivity contribution in [2.75, 3.05) is 11.9 Å². The summed E-state index contributed by atoms with van der Waals surface area (Å²) in [6.45, 7) is 2.19. The zero-order valence-electron chi connectivity index (χ0n) is 7.75. The fraction of sp³-hybridized carbons (Fsp3) is 0.333. The molecule has 0 radical (unpaired) electrons. The first-order valence-corrected chi connectivity index (χ1v) is 4.56. The molecule has 1 aromatic heterocycles. The average molecular weight is 215 g/mol. The number of aryl methyl sites for hydroxylation is 1. The highest BCUT2D eigenvalue weighted by Crippen LogP contribution is 2.22. The lowest BCUT2D eigenvalue weighted by Gasteiger charge is -2.06. The number of carboxylic acids is 1. The highest BCUT2D eigenvalue weighted by molar-refractivity contribution is 6.33. The zero-order chi connectivity index (χ0) is 10.6. The summed E-state index contributed by atoms with van der Waals surface area (Å²) in [5.41, 5.74) is 0.916. The topological polar surface area (TPSA) is 62.2 Å². The van der Waals surface area contributed by atoms with Crippen LogP contribution in [0.15, 0.2) is 12.3 Å². The molecule has 0 aliphatic carbocycles. The van der Waals surface area contributed by atoms with Gasteiger partial charge in [-0.15, -0.1) is 0 Å². The van der Waals surface area contributed by atoms with Gasteiger partial charge in [0.25, 0.3) is 0 Å². The van der Waals surface area contributed by atoms with Gasteiger partial charge in [-0.05, 0) is 18.6 Å². The van der Waals surface area contributed by atoms with E-state index in [0.717, 1.165) is 5.56 Å². The maximum absolute atomic E-state index is 10.2. The number of nitrogens with zero attached hydrogens (tertiary/aromatic N) is 1. The van der Waals surface area contributed by atoms with Crippen molar-refractivity contribution in [2.45, 2.75) is 13.3 Å². The highest BCUT2D eigenvalue weighted by Gasteiger charge is 2.04. The van der Waals surface area contributed by atoms with Gasteiger partial charge in [-0.3, -0.25) is 4.79 Å². The summed E-state index contributed by atoms with van der Waals surface area (Å²) in [7, 11) is 0. The van der Waals surface area contributed by atoms with E-state index in [0.29, 0.717) is 17.4 Å². The lowest BCUT2D eigenvalue weighted by Crippen LogP contribution is -2.09. The molecule has 1 aromatic rings. The highest BCUT2D eigenvalue weighted by atomic mass is 35.5. The maximum Gasteiger partial charge on any atom is 0.305 e. The lowest BCUT2D eigenvalue weighted by atomic mass is 10.3. The van der Waals surface area contributed by atoms with Crippen molar-refractivity contribution in [3.8, 4) is 0 Å². The van der Waals surface area contributed by atoms with Crippen molar-refractivity contribution in [1.29, 1.82) is 0 Å². The maximum atomic E-state index is 10.2. The minimum atomic E-state index is -0.846. The molecule has 1 rings (SSSR count). The van der Waals surface area contributed by atoms with E-state index in [-0.39, 0.29) is 6.42 Å². The van der Waals surface area contributed by atoms with Gasteiger partial charge in [-0.2, -0.15) is 0 Å². The van der Waals surface area contributed by atoms with Gasteiger partial charge in [0.05, 0.1) is 11.4 Å². The van der Waals surface area contributed by atoms with Gasteiger partial charge < -0.3 is 10.4 Å². The normalized spacial score (nSPS) is 9.86. The van der Waals surface area contributed by atoms with Gasteiger partial charge >= 0.3 is 5.97 Å². The van der Waals surface area contributed by atoms with Crippen molar-refractivity contribution in [3.63, 3.8) is 0 Å². The molecular formula is C9H11ClN2O2. The molecule has 0 spiro atoms. The van der Waals surface area contributed by atoms with Crippen molar-refractivity contribution in [1.82, 2.24) is 4.98 Å². The van der Waals surface area contributed by atoms with Gasteiger partial charge in [-0.25, -0.2) is 4.98 Å². The van der Waals surface area contributed by atoms with Crippen molar-refractivity contribution < 1.29 is 9.90 Å². The van der Waals surface area contributed by atoms with Crippen molar-refractivity contribution in [2.24, 2.45) is 0 Å². The number of carboxylic acid groups (broad SMARTS) is 1. The van der Waals surface area contributed by atoms with E-state index in [4.69, 9.17) is 16.7 Å². The predicted octanol–water partition coefficient (Wildman–Crippen LogP) is 1.93. The number of anilines is 1. The molecule has 0 aliphatic heterocycles. The van der Waals surface area contributed by atoms with Crippen molar-refractivity contribution >= 4 is 23.4 Å². The van der Waals surface area contributed by atoms with Crippen LogP contribution < -0.4 is 5.32 Å². The summed E-state index contributed by atoms with van der Waals surface area (Å²) >= 11 is 5.94. The summed E-state index contributed by atoms with van der Waals surface area (Å²) in [4.78, 5) is 14.2. The monoisotopic (exact) mass is 214 g/mol. The SMILES string of the molecule is Cc1ccnc(NCCC(=O)O)c1Cl. The second-order valence-corrected chi connectivity index (χ2v) is 3.24. The Hall–Kier alpha value is -1.29. The molecule has 0 fully saturated rings. The molecule has 0 aromatic carbocycles. The fourth-order valence-electron chi connectivity index (χ4n) is 0.951. The van der Waals surface area contributed by atoms with Gasteiger partial charge in [0, 0.05) is 12.7 Å². The minimum Gasteiger partial charge on any atom is -0.481 e. The quantitative estimate of drug-likeness (QED) is 0.804. The van der Waals surface area contributed by atoms with Crippen LogP contribution >= 0.6 is 11.6 Å². The van der Waals surface area contributed by atoms with Gasteiger partial charge in [0.15, 0.2) is 0 Å². The van der Waals surface area contributed by atoms with E-state index >= 15 is 0 Å². The molecule has 0 aliphatic rings. The Bertz CT molecular complexity index is 342. The Morgan fingerprint density at radius 3 is 3.07 bits per heavy atom. The van der Waals surface area contributed by atoms with Crippen LogP contribution in [0.1, 0.15) is 12.0 Å². The molecule has 0 bridgehead atoms. The molecule has 14 heavy (non-hydrogen) atoms. The van der Waals surface area contributed by atoms with E-state index in [1.807, 2.05) is 6.92 Å². The number of halogens is 1. The first-order chi connectivity index (χ1) is 6.61. The van der Waals surface area contributed by atoms with Gasteiger partial charge in [0.2, 0.25) is 0 Å².